The van der Waals surface area contributed by atoms with Crippen LogP contribution in [0.2, 0.25) is 0 Å². The first-order chi connectivity index (χ1) is 12.0. The zero-order chi connectivity index (χ0) is 17.8. The lowest BCUT2D eigenvalue weighted by molar-refractivity contribution is -0.113. The van der Waals surface area contributed by atoms with Gasteiger partial charge in [-0.15, -0.1) is 5.10 Å². The third-order valence-corrected chi connectivity index (χ3v) is 4.61. The molecule has 2 aromatic carbocycles. The van der Waals surface area contributed by atoms with Crippen molar-refractivity contribution in [2.75, 3.05) is 11.1 Å². The van der Waals surface area contributed by atoms with Crippen molar-refractivity contribution in [3.8, 4) is 5.69 Å². The van der Waals surface area contributed by atoms with E-state index in [0.29, 0.717) is 5.16 Å². The summed E-state index contributed by atoms with van der Waals surface area (Å²) in [7, 11) is 0. The molecule has 0 aliphatic heterocycles. The van der Waals surface area contributed by atoms with Gasteiger partial charge in [-0.25, -0.2) is 0 Å². The zero-order valence-electron chi connectivity index (χ0n) is 14.4. The molecule has 1 heterocycles. The van der Waals surface area contributed by atoms with Crippen LogP contribution in [0, 0.1) is 20.8 Å². The quantitative estimate of drug-likeness (QED) is 0.713. The molecule has 0 radical (unpaired) electrons. The van der Waals surface area contributed by atoms with E-state index >= 15 is 0 Å². The summed E-state index contributed by atoms with van der Waals surface area (Å²) in [5.41, 5.74) is 5.11. The Morgan fingerprint density at radius 3 is 2.52 bits per heavy atom. The molecular weight excluding hydrogens is 334 g/mol. The van der Waals surface area contributed by atoms with Gasteiger partial charge in [0.2, 0.25) is 11.1 Å². The van der Waals surface area contributed by atoms with Crippen molar-refractivity contribution in [1.82, 2.24) is 20.2 Å². The molecule has 0 fully saturated rings. The molecule has 1 amide bonds. The van der Waals surface area contributed by atoms with E-state index in [0.717, 1.165) is 22.5 Å². The number of rotatable bonds is 5. The van der Waals surface area contributed by atoms with Crippen LogP contribution in [0.5, 0.6) is 0 Å². The Morgan fingerprint density at radius 1 is 1.08 bits per heavy atom. The summed E-state index contributed by atoms with van der Waals surface area (Å²) in [6, 6.07) is 13.8. The summed E-state index contributed by atoms with van der Waals surface area (Å²) < 4.78 is 1.67. The van der Waals surface area contributed by atoms with Crippen molar-refractivity contribution in [3.63, 3.8) is 0 Å². The molecule has 0 unspecified atom stereocenters. The van der Waals surface area contributed by atoms with Crippen LogP contribution in [0.15, 0.2) is 47.6 Å². The number of carbonyl (C=O) groups is 1. The van der Waals surface area contributed by atoms with Crippen LogP contribution in [0.3, 0.4) is 0 Å². The highest BCUT2D eigenvalue weighted by atomic mass is 32.2. The number of carbonyl (C=O) groups excluding carboxylic acids is 1. The Kier molecular flexibility index (Phi) is 5.14. The normalized spacial score (nSPS) is 10.7. The molecule has 0 spiro atoms. The Hall–Kier alpha value is -2.67. The lowest BCUT2D eigenvalue weighted by atomic mass is 10.1. The second-order valence-electron chi connectivity index (χ2n) is 5.87. The average Bonchev–Trinajstić information content (AvgIpc) is 3.03. The summed E-state index contributed by atoms with van der Waals surface area (Å²) in [6.07, 6.45) is 0. The third kappa shape index (κ3) is 4.24. The second kappa shape index (κ2) is 7.48. The number of thioether (sulfide) groups is 1. The Morgan fingerprint density at radius 2 is 1.80 bits per heavy atom. The fraction of sp³-hybridized carbons (Fsp3) is 0.222. The topological polar surface area (TPSA) is 72.7 Å². The number of nitrogens with one attached hydrogen (secondary N) is 1. The first-order valence-electron chi connectivity index (χ1n) is 7.88. The number of aryl methyl sites for hydroxylation is 3. The number of aromatic nitrogens is 4. The lowest BCUT2D eigenvalue weighted by Gasteiger charge is -2.08. The van der Waals surface area contributed by atoms with Gasteiger partial charge in [0.15, 0.2) is 0 Å². The van der Waals surface area contributed by atoms with Crippen LogP contribution >= 0.6 is 11.8 Å². The lowest BCUT2D eigenvalue weighted by Crippen LogP contribution is -2.14. The number of amides is 1. The first-order valence-corrected chi connectivity index (χ1v) is 8.87. The van der Waals surface area contributed by atoms with Crippen molar-refractivity contribution in [2.45, 2.75) is 25.9 Å². The van der Waals surface area contributed by atoms with Crippen molar-refractivity contribution < 1.29 is 4.79 Å². The Labute approximate surface area is 150 Å². The minimum Gasteiger partial charge on any atom is -0.325 e. The fourth-order valence-electron chi connectivity index (χ4n) is 2.43. The number of hydrogen-bond donors (Lipinski definition) is 1. The van der Waals surface area contributed by atoms with Gasteiger partial charge in [0.1, 0.15) is 0 Å². The number of tetrazole rings is 1. The maximum absolute atomic E-state index is 12.1. The molecule has 3 rings (SSSR count). The molecule has 0 saturated heterocycles. The number of nitrogens with zero attached hydrogens (tertiary/aromatic N) is 4. The standard InChI is InChI=1S/C18H19N5OS/c1-12-4-7-15(8-5-12)19-17(24)11-25-18-20-21-22-23(18)16-9-6-13(2)10-14(16)3/h4-10H,11H2,1-3H3,(H,19,24). The van der Waals surface area contributed by atoms with E-state index < -0.39 is 0 Å². The third-order valence-electron chi connectivity index (χ3n) is 3.69. The zero-order valence-corrected chi connectivity index (χ0v) is 15.2. The molecule has 3 aromatic rings. The fourth-order valence-corrected chi connectivity index (χ4v) is 3.11. The molecule has 0 aliphatic rings. The van der Waals surface area contributed by atoms with Gasteiger partial charge in [-0.1, -0.05) is 47.2 Å². The van der Waals surface area contributed by atoms with Crippen molar-refractivity contribution >= 4 is 23.4 Å². The van der Waals surface area contributed by atoms with Crippen LogP contribution in [-0.4, -0.2) is 31.9 Å². The summed E-state index contributed by atoms with van der Waals surface area (Å²) in [5.74, 6) is 0.142. The van der Waals surface area contributed by atoms with E-state index in [1.165, 1.54) is 17.3 Å². The van der Waals surface area contributed by atoms with Crippen LogP contribution in [0.1, 0.15) is 16.7 Å². The van der Waals surface area contributed by atoms with E-state index in [1.54, 1.807) is 4.68 Å². The van der Waals surface area contributed by atoms with Crippen LogP contribution in [0.25, 0.3) is 5.69 Å². The molecule has 0 atom stereocenters. The number of benzene rings is 2. The molecule has 0 aliphatic carbocycles. The molecule has 0 saturated carbocycles. The van der Waals surface area contributed by atoms with E-state index in [1.807, 2.05) is 57.2 Å². The largest absolute Gasteiger partial charge is 0.325 e. The van der Waals surface area contributed by atoms with Gasteiger partial charge >= 0.3 is 0 Å². The van der Waals surface area contributed by atoms with Gasteiger partial charge in [-0.05, 0) is 55.0 Å². The van der Waals surface area contributed by atoms with E-state index in [-0.39, 0.29) is 11.7 Å². The van der Waals surface area contributed by atoms with Crippen LogP contribution in [0.4, 0.5) is 5.69 Å². The first kappa shape index (κ1) is 17.2. The second-order valence-corrected chi connectivity index (χ2v) is 6.81. The maximum atomic E-state index is 12.1. The molecule has 1 aromatic heterocycles. The highest BCUT2D eigenvalue weighted by Crippen LogP contribution is 2.21. The van der Waals surface area contributed by atoms with Gasteiger partial charge in [-0.3, -0.25) is 4.79 Å². The average molecular weight is 353 g/mol. The minimum atomic E-state index is -0.0935. The summed E-state index contributed by atoms with van der Waals surface area (Å²) in [5, 5.41) is 15.3. The van der Waals surface area contributed by atoms with Crippen LogP contribution in [-0.2, 0) is 4.79 Å². The molecule has 1 N–H and O–H groups in total. The Balaban J connectivity index is 1.67. The summed E-state index contributed by atoms with van der Waals surface area (Å²) in [6.45, 7) is 6.07. The molecule has 128 valence electrons. The van der Waals surface area contributed by atoms with Crippen molar-refractivity contribution in [1.29, 1.82) is 0 Å². The van der Waals surface area contributed by atoms with Crippen LogP contribution < -0.4 is 5.32 Å². The van der Waals surface area contributed by atoms with E-state index in [2.05, 4.69) is 26.9 Å². The maximum Gasteiger partial charge on any atom is 0.234 e. The monoisotopic (exact) mass is 353 g/mol. The van der Waals surface area contributed by atoms with Crippen molar-refractivity contribution in [3.05, 3.63) is 59.2 Å². The van der Waals surface area contributed by atoms with Gasteiger partial charge in [0.05, 0.1) is 11.4 Å². The molecular formula is C18H19N5OS. The van der Waals surface area contributed by atoms with Crippen molar-refractivity contribution in [2.24, 2.45) is 0 Å². The minimum absolute atomic E-state index is 0.0935. The Bertz CT molecular complexity index is 889. The molecule has 7 heteroatoms. The van der Waals surface area contributed by atoms with E-state index in [4.69, 9.17) is 0 Å². The molecule has 0 bridgehead atoms. The number of anilines is 1. The molecule has 6 nitrogen and oxygen atoms in total. The smallest absolute Gasteiger partial charge is 0.234 e. The predicted molar refractivity (Wildman–Crippen MR) is 99.2 cm³/mol. The summed E-state index contributed by atoms with van der Waals surface area (Å²) >= 11 is 1.31. The predicted octanol–water partition coefficient (Wildman–Crippen LogP) is 3.32. The molecule has 25 heavy (non-hydrogen) atoms. The highest BCUT2D eigenvalue weighted by molar-refractivity contribution is 7.99. The SMILES string of the molecule is Cc1ccc(NC(=O)CSc2nnnn2-c2ccc(C)cc2C)cc1. The van der Waals surface area contributed by atoms with E-state index in [9.17, 15) is 4.79 Å². The highest BCUT2D eigenvalue weighted by Gasteiger charge is 2.13. The summed E-state index contributed by atoms with van der Waals surface area (Å²) in [4.78, 5) is 12.1. The van der Waals surface area contributed by atoms with Gasteiger partial charge in [0, 0.05) is 5.69 Å². The van der Waals surface area contributed by atoms with Gasteiger partial charge in [0.25, 0.3) is 0 Å². The van der Waals surface area contributed by atoms with Gasteiger partial charge < -0.3 is 5.32 Å². The number of hydrogen-bond acceptors (Lipinski definition) is 5. The van der Waals surface area contributed by atoms with Gasteiger partial charge in [-0.2, -0.15) is 4.68 Å².